The Bertz CT molecular complexity index is 441. The van der Waals surface area contributed by atoms with E-state index in [1.807, 2.05) is 19.1 Å². The van der Waals surface area contributed by atoms with Crippen molar-refractivity contribution in [3.63, 3.8) is 0 Å². The summed E-state index contributed by atoms with van der Waals surface area (Å²) in [5, 5.41) is 0. The SMILES string of the molecule is CCOC(=O)Cc1c(C)cccc1C(=O)CCCl. The lowest BCUT2D eigenvalue weighted by Crippen LogP contribution is -2.13. The number of carbonyl (C=O) groups is 2. The van der Waals surface area contributed by atoms with Crippen LogP contribution in [-0.2, 0) is 16.0 Å². The summed E-state index contributed by atoms with van der Waals surface area (Å²) in [5.74, 6) is -0.0641. The lowest BCUT2D eigenvalue weighted by molar-refractivity contribution is -0.142. The van der Waals surface area contributed by atoms with Gasteiger partial charge in [0.05, 0.1) is 13.0 Å². The van der Waals surface area contributed by atoms with Crippen LogP contribution in [0.2, 0.25) is 0 Å². The van der Waals surface area contributed by atoms with Crippen molar-refractivity contribution in [2.45, 2.75) is 26.7 Å². The molecule has 0 atom stereocenters. The molecule has 0 aliphatic heterocycles. The number of hydrogen-bond acceptors (Lipinski definition) is 3. The smallest absolute Gasteiger partial charge is 0.310 e. The molecule has 4 heteroatoms. The Balaban J connectivity index is 3.00. The maximum atomic E-state index is 11.9. The molecule has 0 spiro atoms. The van der Waals surface area contributed by atoms with Gasteiger partial charge in [0, 0.05) is 17.9 Å². The molecule has 18 heavy (non-hydrogen) atoms. The average Bonchev–Trinajstić information content (AvgIpc) is 2.32. The Morgan fingerprint density at radius 3 is 2.67 bits per heavy atom. The monoisotopic (exact) mass is 268 g/mol. The van der Waals surface area contributed by atoms with E-state index in [2.05, 4.69) is 0 Å². The second-order valence-electron chi connectivity index (χ2n) is 3.94. The molecule has 1 rings (SSSR count). The first-order chi connectivity index (χ1) is 8.60. The van der Waals surface area contributed by atoms with Crippen LogP contribution in [0, 0.1) is 6.92 Å². The van der Waals surface area contributed by atoms with E-state index < -0.39 is 0 Å². The Kier molecular flexibility index (Phi) is 5.86. The fourth-order valence-corrected chi connectivity index (χ4v) is 1.95. The highest BCUT2D eigenvalue weighted by Gasteiger charge is 2.15. The fourth-order valence-electron chi connectivity index (χ4n) is 1.78. The highest BCUT2D eigenvalue weighted by atomic mass is 35.5. The maximum absolute atomic E-state index is 11.9. The van der Waals surface area contributed by atoms with Crippen LogP contribution in [0.1, 0.15) is 34.8 Å². The van der Waals surface area contributed by atoms with E-state index in [1.54, 1.807) is 13.0 Å². The highest BCUT2D eigenvalue weighted by molar-refractivity contribution is 6.19. The Morgan fingerprint density at radius 2 is 2.06 bits per heavy atom. The molecule has 0 heterocycles. The van der Waals surface area contributed by atoms with Gasteiger partial charge in [0.25, 0.3) is 0 Å². The van der Waals surface area contributed by atoms with Crippen molar-refractivity contribution in [1.29, 1.82) is 0 Å². The van der Waals surface area contributed by atoms with Gasteiger partial charge in [0.2, 0.25) is 0 Å². The number of aryl methyl sites for hydroxylation is 1. The van der Waals surface area contributed by atoms with Crippen LogP contribution in [0.25, 0.3) is 0 Å². The number of carbonyl (C=O) groups excluding carboxylic acids is 2. The van der Waals surface area contributed by atoms with Crippen molar-refractivity contribution in [3.8, 4) is 0 Å². The number of ketones is 1. The molecule has 0 aliphatic rings. The predicted molar refractivity (Wildman–Crippen MR) is 71.2 cm³/mol. The van der Waals surface area contributed by atoms with Gasteiger partial charge >= 0.3 is 5.97 Å². The van der Waals surface area contributed by atoms with E-state index in [4.69, 9.17) is 16.3 Å². The number of ether oxygens (including phenoxy) is 1. The summed E-state index contributed by atoms with van der Waals surface area (Å²) in [6.07, 6.45) is 0.407. The van der Waals surface area contributed by atoms with Gasteiger partial charge in [-0.25, -0.2) is 0 Å². The van der Waals surface area contributed by atoms with Crippen molar-refractivity contribution in [2.24, 2.45) is 0 Å². The van der Waals surface area contributed by atoms with Crippen LogP contribution in [0.3, 0.4) is 0 Å². The van der Waals surface area contributed by atoms with Crippen LogP contribution in [0.4, 0.5) is 0 Å². The molecule has 0 fully saturated rings. The van der Waals surface area contributed by atoms with Crippen LogP contribution < -0.4 is 0 Å². The summed E-state index contributed by atoms with van der Waals surface area (Å²) in [6.45, 7) is 3.98. The first kappa shape index (κ1) is 14.7. The van der Waals surface area contributed by atoms with Crippen molar-refractivity contribution < 1.29 is 14.3 Å². The van der Waals surface area contributed by atoms with Crippen LogP contribution in [-0.4, -0.2) is 24.2 Å². The molecular formula is C14H17ClO3. The first-order valence-corrected chi connectivity index (χ1v) is 6.46. The minimum absolute atomic E-state index is 0.0343. The molecule has 1 aromatic carbocycles. The summed E-state index contributed by atoms with van der Waals surface area (Å²) in [7, 11) is 0. The molecule has 0 aliphatic carbocycles. The topological polar surface area (TPSA) is 43.4 Å². The van der Waals surface area contributed by atoms with E-state index >= 15 is 0 Å². The number of rotatable bonds is 6. The molecule has 98 valence electrons. The second-order valence-corrected chi connectivity index (χ2v) is 4.32. The molecule has 0 saturated carbocycles. The van der Waals surface area contributed by atoms with Crippen LogP contribution in [0.5, 0.6) is 0 Å². The van der Waals surface area contributed by atoms with Crippen molar-refractivity contribution in [1.82, 2.24) is 0 Å². The molecule has 0 bridgehead atoms. The van der Waals surface area contributed by atoms with Gasteiger partial charge in [-0.15, -0.1) is 11.6 Å². The predicted octanol–water partition coefficient (Wildman–Crippen LogP) is 2.91. The minimum atomic E-state index is -0.313. The summed E-state index contributed by atoms with van der Waals surface area (Å²) in [5.41, 5.74) is 2.23. The van der Waals surface area contributed by atoms with Crippen molar-refractivity contribution in [3.05, 3.63) is 34.9 Å². The molecule has 1 aromatic rings. The largest absolute Gasteiger partial charge is 0.466 e. The normalized spacial score (nSPS) is 10.2. The zero-order valence-electron chi connectivity index (χ0n) is 10.7. The van der Waals surface area contributed by atoms with E-state index in [0.717, 1.165) is 11.1 Å². The number of esters is 1. The summed E-state index contributed by atoms with van der Waals surface area (Å²) >= 11 is 5.58. The molecular weight excluding hydrogens is 252 g/mol. The van der Waals surface area contributed by atoms with Crippen LogP contribution >= 0.6 is 11.6 Å². The lowest BCUT2D eigenvalue weighted by Gasteiger charge is -2.11. The Morgan fingerprint density at radius 1 is 1.33 bits per heavy atom. The summed E-state index contributed by atoms with van der Waals surface area (Å²) < 4.78 is 4.92. The van der Waals surface area contributed by atoms with E-state index in [0.29, 0.717) is 12.2 Å². The third kappa shape index (κ3) is 3.84. The Hall–Kier alpha value is -1.35. The third-order valence-corrected chi connectivity index (χ3v) is 2.85. The maximum Gasteiger partial charge on any atom is 0.310 e. The lowest BCUT2D eigenvalue weighted by atomic mass is 9.95. The quantitative estimate of drug-likeness (QED) is 0.453. The van der Waals surface area contributed by atoms with Gasteiger partial charge in [-0.05, 0) is 25.0 Å². The van der Waals surface area contributed by atoms with Crippen molar-refractivity contribution in [2.75, 3.05) is 12.5 Å². The number of benzene rings is 1. The highest BCUT2D eigenvalue weighted by Crippen LogP contribution is 2.17. The first-order valence-electron chi connectivity index (χ1n) is 5.93. The Labute approximate surface area is 112 Å². The molecule has 0 unspecified atom stereocenters. The van der Waals surface area contributed by atoms with Crippen LogP contribution in [0.15, 0.2) is 18.2 Å². The average molecular weight is 269 g/mol. The number of alkyl halides is 1. The third-order valence-electron chi connectivity index (χ3n) is 2.66. The second kappa shape index (κ2) is 7.17. The zero-order valence-corrected chi connectivity index (χ0v) is 11.4. The number of halogens is 1. The van der Waals surface area contributed by atoms with Gasteiger partial charge in [-0.2, -0.15) is 0 Å². The fraction of sp³-hybridized carbons (Fsp3) is 0.429. The van der Waals surface area contributed by atoms with E-state index in [-0.39, 0.29) is 30.5 Å². The molecule has 0 amide bonds. The van der Waals surface area contributed by atoms with Gasteiger partial charge in [-0.1, -0.05) is 18.2 Å². The van der Waals surface area contributed by atoms with Gasteiger partial charge < -0.3 is 4.74 Å². The molecule has 3 nitrogen and oxygen atoms in total. The molecule has 0 saturated heterocycles. The number of hydrogen-bond donors (Lipinski definition) is 0. The molecule has 0 radical (unpaired) electrons. The van der Waals surface area contributed by atoms with Gasteiger partial charge in [0.1, 0.15) is 0 Å². The zero-order chi connectivity index (χ0) is 13.5. The minimum Gasteiger partial charge on any atom is -0.466 e. The van der Waals surface area contributed by atoms with E-state index in [9.17, 15) is 9.59 Å². The summed E-state index contributed by atoms with van der Waals surface area (Å²) in [6, 6.07) is 5.42. The van der Waals surface area contributed by atoms with Gasteiger partial charge in [-0.3, -0.25) is 9.59 Å². The number of Topliss-reactive ketones (excluding diaryl/α,β-unsaturated/α-hetero) is 1. The van der Waals surface area contributed by atoms with Crippen molar-refractivity contribution >= 4 is 23.4 Å². The molecule has 0 N–H and O–H groups in total. The van der Waals surface area contributed by atoms with E-state index in [1.165, 1.54) is 0 Å². The molecule has 0 aromatic heterocycles. The standard InChI is InChI=1S/C14H17ClO3/c1-3-18-14(17)9-12-10(2)5-4-6-11(12)13(16)7-8-15/h4-6H,3,7-9H2,1-2H3. The summed E-state index contributed by atoms with van der Waals surface area (Å²) in [4.78, 5) is 23.5. The van der Waals surface area contributed by atoms with Gasteiger partial charge in [0.15, 0.2) is 5.78 Å².